The Hall–Kier alpha value is -7.10. The maximum Gasteiger partial charge on any atom is 0.187 e. The zero-order valence-electron chi connectivity index (χ0n) is 26.8. The summed E-state index contributed by atoms with van der Waals surface area (Å²) in [5.41, 5.74) is 12.4. The second-order valence-electron chi connectivity index (χ2n) is 11.7. The van der Waals surface area contributed by atoms with Crippen LogP contribution in [-0.4, -0.2) is 24.9 Å². The van der Waals surface area contributed by atoms with Crippen LogP contribution in [0.3, 0.4) is 0 Å². The maximum absolute atomic E-state index is 7.31. The summed E-state index contributed by atoms with van der Waals surface area (Å²) in [6.45, 7) is 7.31. The first kappa shape index (κ1) is 30.2. The molecule has 0 spiro atoms. The van der Waals surface area contributed by atoms with Crippen molar-refractivity contribution < 1.29 is 0 Å². The van der Waals surface area contributed by atoms with Crippen molar-refractivity contribution in [1.29, 1.82) is 0 Å². The molecule has 0 unspecified atom stereocenters. The van der Waals surface area contributed by atoms with Crippen molar-refractivity contribution in [1.82, 2.24) is 24.9 Å². The van der Waals surface area contributed by atoms with Gasteiger partial charge in [-0.1, -0.05) is 121 Å². The highest BCUT2D eigenvalue weighted by atomic mass is 14.9. The molecule has 8 rings (SSSR count). The molecule has 0 atom stereocenters. The fourth-order valence-corrected chi connectivity index (χ4v) is 5.82. The molecule has 0 aliphatic rings. The largest absolute Gasteiger partial charge is 0.255 e. The van der Waals surface area contributed by atoms with Gasteiger partial charge < -0.3 is 0 Å². The molecule has 0 amide bonds. The molecular formula is C44H28N6. The zero-order valence-corrected chi connectivity index (χ0v) is 26.8. The molecule has 50 heavy (non-hydrogen) atoms. The van der Waals surface area contributed by atoms with Crippen LogP contribution in [0.4, 0.5) is 5.69 Å². The van der Waals surface area contributed by atoms with Crippen LogP contribution in [-0.2, 0) is 0 Å². The minimum Gasteiger partial charge on any atom is -0.255 e. The van der Waals surface area contributed by atoms with Gasteiger partial charge >= 0.3 is 0 Å². The molecule has 0 aliphatic heterocycles. The number of nitrogens with zero attached hydrogens (tertiary/aromatic N) is 6. The molecular weight excluding hydrogens is 613 g/mol. The van der Waals surface area contributed by atoms with Crippen LogP contribution in [0, 0.1) is 6.57 Å². The van der Waals surface area contributed by atoms with E-state index in [2.05, 4.69) is 64.4 Å². The second kappa shape index (κ2) is 13.6. The summed E-state index contributed by atoms with van der Waals surface area (Å²) in [5.74, 6) is 0.670. The van der Waals surface area contributed by atoms with Crippen LogP contribution in [0.1, 0.15) is 0 Å². The molecule has 6 heteroatoms. The monoisotopic (exact) mass is 640 g/mol. The topological polar surface area (TPSA) is 68.8 Å². The van der Waals surface area contributed by atoms with E-state index in [4.69, 9.17) is 26.5 Å². The van der Waals surface area contributed by atoms with Crippen molar-refractivity contribution in [3.05, 3.63) is 182 Å². The molecule has 0 saturated heterocycles. The first-order valence-corrected chi connectivity index (χ1v) is 16.2. The predicted molar refractivity (Wildman–Crippen MR) is 200 cm³/mol. The van der Waals surface area contributed by atoms with E-state index in [1.807, 2.05) is 109 Å². The summed E-state index contributed by atoms with van der Waals surface area (Å²) >= 11 is 0. The molecule has 234 valence electrons. The smallest absolute Gasteiger partial charge is 0.187 e. The van der Waals surface area contributed by atoms with Crippen molar-refractivity contribution in [3.8, 4) is 78.9 Å². The van der Waals surface area contributed by atoms with Gasteiger partial charge in [-0.15, -0.1) is 0 Å². The normalized spacial score (nSPS) is 10.8. The van der Waals surface area contributed by atoms with Crippen molar-refractivity contribution >= 4 is 5.69 Å². The lowest BCUT2D eigenvalue weighted by atomic mass is 10.0. The molecule has 0 bridgehead atoms. The van der Waals surface area contributed by atoms with Gasteiger partial charge in [0.25, 0.3) is 0 Å². The standard InChI is InChI=1S/C44H28N6/c1-45-37-22-19-31(20-23-37)36-26-42(38-14-8-9-25-46-38)48-43(27-36)39-24-21-35(29-47-39)30-15-17-34(18-16-30)44-49-40(32-10-4-2-5-11-32)28-41(50-44)33-12-6-3-7-13-33/h2-29H. The Balaban J connectivity index is 1.11. The minimum atomic E-state index is 0.600. The van der Waals surface area contributed by atoms with Crippen LogP contribution in [0.5, 0.6) is 0 Å². The van der Waals surface area contributed by atoms with Gasteiger partial charge in [-0.05, 0) is 53.1 Å². The molecule has 8 aromatic rings. The fourth-order valence-electron chi connectivity index (χ4n) is 5.82. The molecule has 0 aliphatic carbocycles. The Morgan fingerprint density at radius 3 is 1.46 bits per heavy atom. The third kappa shape index (κ3) is 6.40. The van der Waals surface area contributed by atoms with E-state index in [1.54, 1.807) is 6.20 Å². The molecule has 4 aromatic heterocycles. The molecule has 4 heterocycles. The van der Waals surface area contributed by atoms with Gasteiger partial charge in [-0.2, -0.15) is 0 Å². The Kier molecular flexibility index (Phi) is 8.20. The zero-order chi connectivity index (χ0) is 33.7. The predicted octanol–water partition coefficient (Wildman–Crippen LogP) is 10.9. The van der Waals surface area contributed by atoms with E-state index in [1.165, 1.54) is 0 Å². The summed E-state index contributed by atoms with van der Waals surface area (Å²) < 4.78 is 0. The van der Waals surface area contributed by atoms with Crippen LogP contribution >= 0.6 is 0 Å². The first-order valence-electron chi connectivity index (χ1n) is 16.2. The average Bonchev–Trinajstić information content (AvgIpc) is 3.21. The van der Waals surface area contributed by atoms with E-state index in [0.29, 0.717) is 11.5 Å². The number of hydrogen-bond acceptors (Lipinski definition) is 5. The van der Waals surface area contributed by atoms with Crippen molar-refractivity contribution in [2.75, 3.05) is 0 Å². The molecule has 4 aromatic carbocycles. The second-order valence-corrected chi connectivity index (χ2v) is 11.7. The summed E-state index contributed by atoms with van der Waals surface area (Å²) in [6.07, 6.45) is 3.64. The van der Waals surface area contributed by atoms with E-state index in [-0.39, 0.29) is 0 Å². The lowest BCUT2D eigenvalue weighted by molar-refractivity contribution is 1.18. The number of hydrogen-bond donors (Lipinski definition) is 0. The van der Waals surface area contributed by atoms with E-state index < -0.39 is 0 Å². The Labute approximate surface area is 290 Å². The molecule has 6 nitrogen and oxygen atoms in total. The van der Waals surface area contributed by atoms with Gasteiger partial charge in [0.05, 0.1) is 40.7 Å². The van der Waals surface area contributed by atoms with Crippen LogP contribution < -0.4 is 0 Å². The molecule has 0 saturated carbocycles. The fraction of sp³-hybridized carbons (Fsp3) is 0. The first-order chi connectivity index (χ1) is 24.7. The summed E-state index contributed by atoms with van der Waals surface area (Å²) in [7, 11) is 0. The van der Waals surface area contributed by atoms with E-state index in [9.17, 15) is 0 Å². The van der Waals surface area contributed by atoms with Gasteiger partial charge in [0.1, 0.15) is 0 Å². The van der Waals surface area contributed by atoms with Gasteiger partial charge in [0.2, 0.25) is 0 Å². The molecule has 0 fully saturated rings. The highest BCUT2D eigenvalue weighted by molar-refractivity contribution is 5.77. The van der Waals surface area contributed by atoms with Crippen LogP contribution in [0.25, 0.3) is 83.8 Å². The lowest BCUT2D eigenvalue weighted by Gasteiger charge is -2.11. The Morgan fingerprint density at radius 2 is 0.900 bits per heavy atom. The number of rotatable bonds is 7. The highest BCUT2D eigenvalue weighted by Gasteiger charge is 2.13. The quantitative estimate of drug-likeness (QED) is 0.162. The summed E-state index contributed by atoms with van der Waals surface area (Å²) in [5, 5.41) is 0. The van der Waals surface area contributed by atoms with Gasteiger partial charge in [-0.3, -0.25) is 9.97 Å². The van der Waals surface area contributed by atoms with Gasteiger partial charge in [-0.25, -0.2) is 19.8 Å². The highest BCUT2D eigenvalue weighted by Crippen LogP contribution is 2.32. The van der Waals surface area contributed by atoms with E-state index >= 15 is 0 Å². The van der Waals surface area contributed by atoms with Crippen molar-refractivity contribution in [2.24, 2.45) is 0 Å². The third-order valence-corrected chi connectivity index (χ3v) is 8.45. The van der Waals surface area contributed by atoms with Crippen LogP contribution in [0.2, 0.25) is 0 Å². The SMILES string of the molecule is [C-]#[N+]c1ccc(-c2cc(-c3ccccn3)nc(-c3ccc(-c4ccc(-c5nc(-c6ccccc6)cc(-c6ccccc6)n5)cc4)cn3)c2)cc1. The average molecular weight is 641 g/mol. The van der Waals surface area contributed by atoms with Crippen LogP contribution in [0.15, 0.2) is 170 Å². The minimum absolute atomic E-state index is 0.600. The maximum atomic E-state index is 7.31. The number of aromatic nitrogens is 5. The Morgan fingerprint density at radius 1 is 0.360 bits per heavy atom. The van der Waals surface area contributed by atoms with Crippen molar-refractivity contribution in [3.63, 3.8) is 0 Å². The summed E-state index contributed by atoms with van der Waals surface area (Å²) in [4.78, 5) is 27.8. The Bertz CT molecular complexity index is 2380. The molecule has 0 N–H and O–H groups in total. The number of pyridine rings is 3. The molecule has 0 radical (unpaired) electrons. The van der Waals surface area contributed by atoms with E-state index in [0.717, 1.165) is 73.1 Å². The third-order valence-electron chi connectivity index (χ3n) is 8.45. The lowest BCUT2D eigenvalue weighted by Crippen LogP contribution is -1.96. The summed E-state index contributed by atoms with van der Waals surface area (Å²) in [6, 6.07) is 52.2. The van der Waals surface area contributed by atoms with Gasteiger partial charge in [0.15, 0.2) is 11.5 Å². The number of benzene rings is 4. The van der Waals surface area contributed by atoms with Crippen molar-refractivity contribution in [2.45, 2.75) is 0 Å². The van der Waals surface area contributed by atoms with Gasteiger partial charge in [0, 0.05) is 34.6 Å².